The van der Waals surface area contributed by atoms with Crippen LogP contribution < -0.4 is 0 Å². The van der Waals surface area contributed by atoms with Crippen molar-refractivity contribution in [3.63, 3.8) is 0 Å². The molecule has 3 heterocycles. The second kappa shape index (κ2) is 6.39. The van der Waals surface area contributed by atoms with Crippen LogP contribution in [0.25, 0.3) is 11.4 Å². The van der Waals surface area contributed by atoms with E-state index < -0.39 is 5.97 Å². The molecule has 1 aliphatic carbocycles. The first-order chi connectivity index (χ1) is 12.2. The molecule has 0 saturated heterocycles. The number of imidazole rings is 1. The quantitative estimate of drug-likeness (QED) is 0.878. The van der Waals surface area contributed by atoms with E-state index >= 15 is 0 Å². The summed E-state index contributed by atoms with van der Waals surface area (Å²) in [4.78, 5) is 25.3. The topological polar surface area (TPSA) is 82.1 Å². The monoisotopic (exact) mass is 334 g/mol. The molecule has 0 saturated carbocycles. The maximum atomic E-state index is 11.1. The number of pyridine rings is 1. The van der Waals surface area contributed by atoms with E-state index in [2.05, 4.69) is 44.3 Å². The van der Waals surface area contributed by atoms with Gasteiger partial charge < -0.3 is 15.0 Å². The van der Waals surface area contributed by atoms with Crippen molar-refractivity contribution in [2.24, 2.45) is 0 Å². The lowest BCUT2D eigenvalue weighted by molar-refractivity contribution is 0.0697. The molecule has 0 spiro atoms. The molecule has 2 aromatic rings. The van der Waals surface area contributed by atoms with E-state index in [1.165, 1.54) is 29.5 Å². The molecule has 0 aromatic carbocycles. The van der Waals surface area contributed by atoms with Gasteiger partial charge in [0.1, 0.15) is 11.5 Å². The van der Waals surface area contributed by atoms with Crippen LogP contribution in [0.4, 0.5) is 0 Å². The fourth-order valence-corrected chi connectivity index (χ4v) is 3.11. The minimum Gasteiger partial charge on any atom is -0.478 e. The van der Waals surface area contributed by atoms with Crippen LogP contribution in [-0.4, -0.2) is 44.0 Å². The summed E-state index contributed by atoms with van der Waals surface area (Å²) in [5, 5.41) is 9.08. The van der Waals surface area contributed by atoms with E-state index in [1.807, 2.05) is 0 Å². The van der Waals surface area contributed by atoms with Crippen LogP contribution >= 0.6 is 0 Å². The highest BCUT2D eigenvalue weighted by Gasteiger charge is 2.18. The molecule has 2 N–H and O–H groups in total. The Morgan fingerprint density at radius 1 is 1.32 bits per heavy atom. The Morgan fingerprint density at radius 2 is 2.24 bits per heavy atom. The fourth-order valence-electron chi connectivity index (χ4n) is 3.11. The number of nitrogens with zero attached hydrogens (tertiary/aromatic N) is 3. The van der Waals surface area contributed by atoms with Gasteiger partial charge in [0.15, 0.2) is 0 Å². The SMILES string of the molecule is O=C(O)c1ccnc(-c2c[nH]c(CCN3C=C4CC=CC=C4C3)n2)c1. The van der Waals surface area contributed by atoms with E-state index in [0.29, 0.717) is 11.4 Å². The Kier molecular flexibility index (Phi) is 3.93. The van der Waals surface area contributed by atoms with Gasteiger partial charge in [0, 0.05) is 38.1 Å². The molecular formula is C19H18N4O2. The van der Waals surface area contributed by atoms with Crippen molar-refractivity contribution in [2.45, 2.75) is 12.8 Å². The predicted octanol–water partition coefficient (Wildman–Crippen LogP) is 2.80. The largest absolute Gasteiger partial charge is 0.478 e. The molecule has 0 amide bonds. The number of H-pyrrole nitrogens is 1. The van der Waals surface area contributed by atoms with Crippen molar-refractivity contribution in [3.8, 4) is 11.4 Å². The molecule has 2 aliphatic rings. The number of carboxylic acids is 1. The fraction of sp³-hybridized carbons (Fsp3) is 0.211. The van der Waals surface area contributed by atoms with Crippen molar-refractivity contribution >= 4 is 5.97 Å². The van der Waals surface area contributed by atoms with Gasteiger partial charge >= 0.3 is 5.97 Å². The molecule has 0 bridgehead atoms. The summed E-state index contributed by atoms with van der Waals surface area (Å²) in [6, 6.07) is 3.01. The van der Waals surface area contributed by atoms with Crippen molar-refractivity contribution < 1.29 is 9.90 Å². The smallest absolute Gasteiger partial charge is 0.335 e. The summed E-state index contributed by atoms with van der Waals surface area (Å²) >= 11 is 0. The molecular weight excluding hydrogens is 316 g/mol. The second-order valence-electron chi connectivity index (χ2n) is 6.17. The van der Waals surface area contributed by atoms with Gasteiger partial charge in [-0.3, -0.25) is 4.98 Å². The minimum atomic E-state index is -0.966. The number of nitrogens with one attached hydrogen (secondary N) is 1. The highest BCUT2D eigenvalue weighted by molar-refractivity contribution is 5.88. The maximum absolute atomic E-state index is 11.1. The number of hydrogen-bond acceptors (Lipinski definition) is 4. The Hall–Kier alpha value is -3.15. The van der Waals surface area contributed by atoms with Crippen LogP contribution in [0, 0.1) is 0 Å². The van der Waals surface area contributed by atoms with E-state index in [0.717, 1.165) is 31.8 Å². The third-order valence-electron chi connectivity index (χ3n) is 4.43. The van der Waals surface area contributed by atoms with Crippen LogP contribution in [0.15, 0.2) is 60.1 Å². The number of allylic oxidation sites excluding steroid dienone is 3. The van der Waals surface area contributed by atoms with Gasteiger partial charge in [-0.05, 0) is 29.7 Å². The zero-order valence-electron chi connectivity index (χ0n) is 13.6. The van der Waals surface area contributed by atoms with Gasteiger partial charge in [0.2, 0.25) is 0 Å². The Bertz CT molecular complexity index is 908. The Labute approximate surface area is 145 Å². The highest BCUT2D eigenvalue weighted by Crippen LogP contribution is 2.27. The average molecular weight is 334 g/mol. The van der Waals surface area contributed by atoms with Gasteiger partial charge in [-0.2, -0.15) is 0 Å². The van der Waals surface area contributed by atoms with Crippen molar-refractivity contribution in [1.29, 1.82) is 0 Å². The molecule has 0 unspecified atom stereocenters. The molecule has 0 atom stereocenters. The molecule has 0 fully saturated rings. The second-order valence-corrected chi connectivity index (χ2v) is 6.17. The summed E-state index contributed by atoms with van der Waals surface area (Å²) in [5.74, 6) is -0.0929. The lowest BCUT2D eigenvalue weighted by Crippen LogP contribution is -2.18. The number of carboxylic acid groups (broad SMARTS) is 1. The average Bonchev–Trinajstić information content (AvgIpc) is 3.26. The first-order valence-electron chi connectivity index (χ1n) is 8.24. The minimum absolute atomic E-state index is 0.211. The first-order valence-corrected chi connectivity index (χ1v) is 8.24. The van der Waals surface area contributed by atoms with Crippen molar-refractivity contribution in [1.82, 2.24) is 19.9 Å². The molecule has 1 aliphatic heterocycles. The zero-order valence-corrected chi connectivity index (χ0v) is 13.6. The van der Waals surface area contributed by atoms with Crippen molar-refractivity contribution in [2.75, 3.05) is 13.1 Å². The van der Waals surface area contributed by atoms with E-state index in [4.69, 9.17) is 5.11 Å². The van der Waals surface area contributed by atoms with Gasteiger partial charge in [-0.25, -0.2) is 9.78 Å². The Balaban J connectivity index is 1.42. The lowest BCUT2D eigenvalue weighted by atomic mass is 10.0. The third kappa shape index (κ3) is 3.24. The summed E-state index contributed by atoms with van der Waals surface area (Å²) in [5.41, 5.74) is 4.24. The number of carbonyl (C=O) groups is 1. The highest BCUT2D eigenvalue weighted by atomic mass is 16.4. The number of hydrogen-bond donors (Lipinski definition) is 2. The van der Waals surface area contributed by atoms with Crippen LogP contribution in [0.1, 0.15) is 22.6 Å². The standard InChI is InChI=1S/C19H18N4O2/c24-19(25)13-5-7-20-16(9-13)17-10-21-18(22-17)6-8-23-11-14-3-1-2-4-15(14)12-23/h1-3,5,7,9-10,12H,4,6,8,11H2,(H,21,22)(H,24,25). The number of aromatic amines is 1. The predicted molar refractivity (Wildman–Crippen MR) is 94.0 cm³/mol. The van der Waals surface area contributed by atoms with Crippen molar-refractivity contribution in [3.05, 3.63) is 71.5 Å². The van der Waals surface area contributed by atoms with Gasteiger partial charge in [-0.15, -0.1) is 0 Å². The lowest BCUT2D eigenvalue weighted by Gasteiger charge is -2.14. The van der Waals surface area contributed by atoms with Crippen LogP contribution in [0.3, 0.4) is 0 Å². The molecule has 0 radical (unpaired) electrons. The van der Waals surface area contributed by atoms with Crippen LogP contribution in [0.5, 0.6) is 0 Å². The molecule has 6 nitrogen and oxygen atoms in total. The molecule has 25 heavy (non-hydrogen) atoms. The molecule has 126 valence electrons. The Morgan fingerprint density at radius 3 is 3.08 bits per heavy atom. The number of fused-ring (bicyclic) bond motifs is 1. The van der Waals surface area contributed by atoms with Crippen LogP contribution in [-0.2, 0) is 6.42 Å². The zero-order chi connectivity index (χ0) is 17.2. The van der Waals surface area contributed by atoms with Crippen LogP contribution in [0.2, 0.25) is 0 Å². The summed E-state index contributed by atoms with van der Waals surface area (Å²) in [6.07, 6.45) is 13.8. The van der Waals surface area contributed by atoms with Gasteiger partial charge in [0.05, 0.1) is 11.3 Å². The van der Waals surface area contributed by atoms with Gasteiger partial charge in [0.25, 0.3) is 0 Å². The summed E-state index contributed by atoms with van der Waals surface area (Å²) in [6.45, 7) is 1.84. The summed E-state index contributed by atoms with van der Waals surface area (Å²) in [7, 11) is 0. The van der Waals surface area contributed by atoms with E-state index in [-0.39, 0.29) is 5.56 Å². The van der Waals surface area contributed by atoms with Gasteiger partial charge in [-0.1, -0.05) is 18.2 Å². The molecule has 2 aromatic heterocycles. The molecule has 4 rings (SSSR count). The summed E-state index contributed by atoms with van der Waals surface area (Å²) < 4.78 is 0. The first kappa shape index (κ1) is 15.4. The van der Waals surface area contributed by atoms with E-state index in [9.17, 15) is 4.79 Å². The molecule has 6 heteroatoms. The third-order valence-corrected chi connectivity index (χ3v) is 4.43. The number of rotatable bonds is 5. The van der Waals surface area contributed by atoms with E-state index in [1.54, 1.807) is 6.20 Å². The normalized spacial score (nSPS) is 15.8. The maximum Gasteiger partial charge on any atom is 0.335 e. The number of aromatic carboxylic acids is 1. The number of aromatic nitrogens is 3.